The zero-order valence-electron chi connectivity index (χ0n) is 14.4. The van der Waals surface area contributed by atoms with Crippen LogP contribution in [0.2, 0.25) is 0 Å². The number of carbonyl (C=O) groups is 2. The van der Waals surface area contributed by atoms with Crippen molar-refractivity contribution in [3.8, 4) is 0 Å². The number of benzene rings is 1. The Kier molecular flexibility index (Phi) is 4.22. The maximum absolute atomic E-state index is 14.0. The molecule has 1 aromatic heterocycles. The van der Waals surface area contributed by atoms with Crippen LogP contribution in [0.5, 0.6) is 0 Å². The van der Waals surface area contributed by atoms with Gasteiger partial charge in [-0.15, -0.1) is 0 Å². The fourth-order valence-electron chi connectivity index (χ4n) is 4.11. The lowest BCUT2D eigenvalue weighted by molar-refractivity contribution is -0.146. The number of piperidine rings is 1. The third-order valence-electron chi connectivity index (χ3n) is 5.53. The summed E-state index contributed by atoms with van der Waals surface area (Å²) < 4.78 is 14.0. The molecule has 136 valence electrons. The Morgan fingerprint density at radius 3 is 2.88 bits per heavy atom. The summed E-state index contributed by atoms with van der Waals surface area (Å²) in [4.78, 5) is 29.2. The monoisotopic (exact) mass is 356 g/mol. The van der Waals surface area contributed by atoms with Crippen molar-refractivity contribution in [3.05, 3.63) is 53.6 Å². The maximum Gasteiger partial charge on any atom is 0.257 e. The zero-order chi connectivity index (χ0) is 18.1. The maximum atomic E-state index is 14.0. The molecule has 4 rings (SSSR count). The van der Waals surface area contributed by atoms with Crippen molar-refractivity contribution in [1.82, 2.24) is 20.0 Å². The molecule has 1 aromatic carbocycles. The van der Waals surface area contributed by atoms with Crippen molar-refractivity contribution in [2.24, 2.45) is 5.41 Å². The van der Waals surface area contributed by atoms with Crippen molar-refractivity contribution >= 4 is 11.8 Å². The number of amides is 2. The van der Waals surface area contributed by atoms with Gasteiger partial charge in [-0.2, -0.15) is 5.10 Å². The van der Waals surface area contributed by atoms with Gasteiger partial charge in [-0.25, -0.2) is 4.39 Å². The first kappa shape index (κ1) is 16.8. The molecule has 2 fully saturated rings. The van der Waals surface area contributed by atoms with E-state index in [9.17, 15) is 14.0 Å². The van der Waals surface area contributed by atoms with Gasteiger partial charge in [0.15, 0.2) is 0 Å². The summed E-state index contributed by atoms with van der Waals surface area (Å²) in [5.41, 5.74) is 0.499. The first-order valence-corrected chi connectivity index (χ1v) is 8.90. The summed E-state index contributed by atoms with van der Waals surface area (Å²) in [6, 6.07) is 6.56. The third-order valence-corrected chi connectivity index (χ3v) is 5.53. The minimum Gasteiger partial charge on any atom is -0.338 e. The predicted octanol–water partition coefficient (Wildman–Crippen LogP) is 2.20. The van der Waals surface area contributed by atoms with Gasteiger partial charge in [0.1, 0.15) is 5.82 Å². The summed E-state index contributed by atoms with van der Waals surface area (Å²) in [5, 5.41) is 6.46. The van der Waals surface area contributed by atoms with Gasteiger partial charge in [-0.3, -0.25) is 14.7 Å². The lowest BCUT2D eigenvalue weighted by atomic mass is 9.78. The molecule has 7 heteroatoms. The van der Waals surface area contributed by atoms with Crippen LogP contribution < -0.4 is 0 Å². The number of likely N-dealkylation sites (tertiary alicyclic amines) is 2. The quantitative estimate of drug-likeness (QED) is 0.917. The van der Waals surface area contributed by atoms with Gasteiger partial charge in [0, 0.05) is 37.9 Å². The smallest absolute Gasteiger partial charge is 0.257 e. The molecule has 0 unspecified atom stereocenters. The number of nitrogens with zero attached hydrogens (tertiary/aromatic N) is 3. The predicted molar refractivity (Wildman–Crippen MR) is 92.6 cm³/mol. The van der Waals surface area contributed by atoms with Gasteiger partial charge in [-0.1, -0.05) is 18.2 Å². The fraction of sp³-hybridized carbons (Fsp3) is 0.421. The van der Waals surface area contributed by atoms with Crippen LogP contribution in [-0.2, 0) is 11.3 Å². The Hall–Kier alpha value is -2.70. The summed E-state index contributed by atoms with van der Waals surface area (Å²) in [6.07, 6.45) is 5.37. The highest BCUT2D eigenvalue weighted by Crippen LogP contribution is 2.41. The molecule has 3 heterocycles. The summed E-state index contributed by atoms with van der Waals surface area (Å²) in [6.45, 7) is 1.89. The van der Waals surface area contributed by atoms with E-state index in [-0.39, 0.29) is 24.2 Å². The molecule has 1 spiro atoms. The molecule has 2 aliphatic heterocycles. The summed E-state index contributed by atoms with van der Waals surface area (Å²) in [7, 11) is 0. The van der Waals surface area contributed by atoms with Crippen LogP contribution in [-0.4, -0.2) is 51.4 Å². The molecule has 26 heavy (non-hydrogen) atoms. The van der Waals surface area contributed by atoms with E-state index in [1.54, 1.807) is 34.2 Å². The summed E-state index contributed by atoms with van der Waals surface area (Å²) in [5.74, 6) is -0.354. The topological polar surface area (TPSA) is 69.3 Å². The number of aromatic nitrogens is 2. The molecule has 2 saturated heterocycles. The molecule has 0 bridgehead atoms. The number of rotatable bonds is 3. The fourth-order valence-corrected chi connectivity index (χ4v) is 4.11. The normalized spacial score (nSPS) is 23.0. The Morgan fingerprint density at radius 1 is 1.27 bits per heavy atom. The molecule has 0 radical (unpaired) electrons. The Balaban J connectivity index is 1.49. The number of halogens is 1. The Morgan fingerprint density at radius 2 is 2.12 bits per heavy atom. The Bertz CT molecular complexity index is 823. The van der Waals surface area contributed by atoms with Crippen LogP contribution in [0, 0.1) is 11.2 Å². The minimum atomic E-state index is -0.539. The van der Waals surface area contributed by atoms with E-state index in [0.717, 1.165) is 12.8 Å². The molecule has 2 aliphatic rings. The van der Waals surface area contributed by atoms with Crippen LogP contribution in [0.3, 0.4) is 0 Å². The van der Waals surface area contributed by atoms with Gasteiger partial charge >= 0.3 is 0 Å². The molecule has 6 nitrogen and oxygen atoms in total. The molecular weight excluding hydrogens is 335 g/mol. The van der Waals surface area contributed by atoms with Gasteiger partial charge in [0.05, 0.1) is 17.2 Å². The second-order valence-electron chi connectivity index (χ2n) is 7.17. The van der Waals surface area contributed by atoms with E-state index in [2.05, 4.69) is 10.2 Å². The SMILES string of the molecule is O=C(c1cn[nH]c1)N1CC[C@@]2(CCCN(Cc3ccccc3F)C2=O)C1. The van der Waals surface area contributed by atoms with E-state index in [1.807, 2.05) is 0 Å². The second-order valence-corrected chi connectivity index (χ2v) is 7.17. The van der Waals surface area contributed by atoms with Crippen LogP contribution in [0.1, 0.15) is 35.2 Å². The molecule has 1 N–H and O–H groups in total. The van der Waals surface area contributed by atoms with Gasteiger partial charge in [0.2, 0.25) is 5.91 Å². The third kappa shape index (κ3) is 2.87. The largest absolute Gasteiger partial charge is 0.338 e. The van der Waals surface area contributed by atoms with Gasteiger partial charge in [0.25, 0.3) is 5.91 Å². The minimum absolute atomic E-state index is 0.0366. The van der Waals surface area contributed by atoms with Crippen LogP contribution in [0.15, 0.2) is 36.7 Å². The van der Waals surface area contributed by atoms with E-state index >= 15 is 0 Å². The zero-order valence-corrected chi connectivity index (χ0v) is 14.4. The molecule has 2 aromatic rings. The number of hydrogen-bond donors (Lipinski definition) is 1. The number of hydrogen-bond acceptors (Lipinski definition) is 3. The highest BCUT2D eigenvalue weighted by molar-refractivity contribution is 5.95. The number of carbonyl (C=O) groups excluding carboxylic acids is 2. The van der Waals surface area contributed by atoms with Crippen molar-refractivity contribution < 1.29 is 14.0 Å². The lowest BCUT2D eigenvalue weighted by Gasteiger charge is -2.39. The van der Waals surface area contributed by atoms with Crippen molar-refractivity contribution in [1.29, 1.82) is 0 Å². The number of H-pyrrole nitrogens is 1. The molecule has 0 aliphatic carbocycles. The van der Waals surface area contributed by atoms with E-state index in [4.69, 9.17) is 0 Å². The van der Waals surface area contributed by atoms with Crippen molar-refractivity contribution in [2.45, 2.75) is 25.8 Å². The number of nitrogens with one attached hydrogen (secondary N) is 1. The average Bonchev–Trinajstić information content (AvgIpc) is 3.31. The molecule has 1 atom stereocenters. The van der Waals surface area contributed by atoms with Crippen LogP contribution >= 0.6 is 0 Å². The van der Waals surface area contributed by atoms with Gasteiger partial charge in [-0.05, 0) is 25.3 Å². The molecular formula is C19H21FN4O2. The van der Waals surface area contributed by atoms with Gasteiger partial charge < -0.3 is 9.80 Å². The van der Waals surface area contributed by atoms with Crippen molar-refractivity contribution in [2.75, 3.05) is 19.6 Å². The van der Waals surface area contributed by atoms with E-state index < -0.39 is 5.41 Å². The first-order valence-electron chi connectivity index (χ1n) is 8.90. The summed E-state index contributed by atoms with van der Waals surface area (Å²) >= 11 is 0. The average molecular weight is 356 g/mol. The van der Waals surface area contributed by atoms with Crippen molar-refractivity contribution in [3.63, 3.8) is 0 Å². The standard InChI is InChI=1S/C19H21FN4O2/c20-16-5-2-1-4-14(16)12-23-8-3-6-19(18(23)26)7-9-24(13-19)17(25)15-10-21-22-11-15/h1-2,4-5,10-11H,3,6-9,12-13H2,(H,21,22)/t19-/m0/s1. The molecule has 0 saturated carbocycles. The lowest BCUT2D eigenvalue weighted by Crippen LogP contribution is -2.50. The van der Waals surface area contributed by atoms with E-state index in [0.29, 0.717) is 37.2 Å². The second kappa shape index (κ2) is 6.55. The Labute approximate surface area is 151 Å². The highest BCUT2D eigenvalue weighted by atomic mass is 19.1. The first-order chi connectivity index (χ1) is 12.6. The number of aromatic amines is 1. The van der Waals surface area contributed by atoms with Crippen LogP contribution in [0.4, 0.5) is 4.39 Å². The molecule has 2 amide bonds. The highest BCUT2D eigenvalue weighted by Gasteiger charge is 2.49. The van der Waals surface area contributed by atoms with Crippen LogP contribution in [0.25, 0.3) is 0 Å². The van der Waals surface area contributed by atoms with E-state index in [1.165, 1.54) is 12.3 Å².